The van der Waals surface area contributed by atoms with Gasteiger partial charge in [0, 0.05) is 32.7 Å². The lowest BCUT2D eigenvalue weighted by Crippen LogP contribution is -2.43. The van der Waals surface area contributed by atoms with Crippen molar-refractivity contribution in [1.82, 2.24) is 10.2 Å². The average molecular weight is 280 g/mol. The zero-order valence-corrected chi connectivity index (χ0v) is 12.0. The topological polar surface area (TPSA) is 49.4 Å². The highest BCUT2D eigenvalue weighted by Gasteiger charge is 2.33. The van der Waals surface area contributed by atoms with E-state index in [1.54, 1.807) is 6.07 Å². The van der Waals surface area contributed by atoms with Crippen molar-refractivity contribution < 1.29 is 8.42 Å². The van der Waals surface area contributed by atoms with Crippen LogP contribution in [0, 0.1) is 0 Å². The van der Waals surface area contributed by atoms with Gasteiger partial charge in [-0.1, -0.05) is 19.1 Å². The van der Waals surface area contributed by atoms with Crippen molar-refractivity contribution in [3.05, 3.63) is 29.3 Å². The molecule has 0 bridgehead atoms. The molecular weight excluding hydrogens is 260 g/mol. The Bertz CT molecular complexity index is 577. The van der Waals surface area contributed by atoms with Gasteiger partial charge in [-0.15, -0.1) is 0 Å². The number of fused-ring (bicyclic) bond motifs is 1. The molecule has 1 N–H and O–H groups in total. The number of nitrogens with zero attached hydrogens (tertiary/aromatic N) is 1. The van der Waals surface area contributed by atoms with Gasteiger partial charge in [0.2, 0.25) is 0 Å². The quantitative estimate of drug-likeness (QED) is 0.877. The third-order valence-corrected chi connectivity index (χ3v) is 6.02. The molecule has 1 saturated heterocycles. The Balaban J connectivity index is 1.93. The van der Waals surface area contributed by atoms with E-state index in [1.807, 2.05) is 13.0 Å². The van der Waals surface area contributed by atoms with Gasteiger partial charge in [-0.25, -0.2) is 8.42 Å². The minimum Gasteiger partial charge on any atom is -0.314 e. The largest absolute Gasteiger partial charge is 0.314 e. The van der Waals surface area contributed by atoms with E-state index in [-0.39, 0.29) is 11.7 Å². The molecule has 0 spiro atoms. The van der Waals surface area contributed by atoms with Crippen molar-refractivity contribution >= 4 is 9.84 Å². The number of benzene rings is 1. The second kappa shape index (κ2) is 4.89. The summed E-state index contributed by atoms with van der Waals surface area (Å²) in [6.07, 6.45) is 0. The molecule has 2 heterocycles. The van der Waals surface area contributed by atoms with Gasteiger partial charge in [0.15, 0.2) is 9.84 Å². The summed E-state index contributed by atoms with van der Waals surface area (Å²) in [5, 5.41) is 3.34. The zero-order valence-electron chi connectivity index (χ0n) is 11.2. The Morgan fingerprint density at radius 2 is 2.05 bits per heavy atom. The van der Waals surface area contributed by atoms with Crippen molar-refractivity contribution in [2.45, 2.75) is 24.3 Å². The van der Waals surface area contributed by atoms with Gasteiger partial charge >= 0.3 is 0 Å². The van der Waals surface area contributed by atoms with E-state index in [0.717, 1.165) is 38.3 Å². The highest BCUT2D eigenvalue weighted by Crippen LogP contribution is 2.37. The Kier molecular flexibility index (Phi) is 3.37. The summed E-state index contributed by atoms with van der Waals surface area (Å²) < 4.78 is 24.2. The number of piperazine rings is 1. The standard InChI is InChI=1S/C14H20N2O2S/c1-11-10-19(17,18)13-4-2-3-12(14(11)13)9-16-7-5-15-6-8-16/h2-4,11,15H,5-10H2,1H3. The van der Waals surface area contributed by atoms with Crippen molar-refractivity contribution in [3.63, 3.8) is 0 Å². The number of sulfone groups is 1. The second-order valence-electron chi connectivity index (χ2n) is 5.54. The molecule has 1 fully saturated rings. The van der Waals surface area contributed by atoms with Crippen molar-refractivity contribution in [3.8, 4) is 0 Å². The molecule has 4 nitrogen and oxygen atoms in total. The Morgan fingerprint density at radius 3 is 2.79 bits per heavy atom. The highest BCUT2D eigenvalue weighted by atomic mass is 32.2. The molecule has 0 saturated carbocycles. The molecule has 1 unspecified atom stereocenters. The SMILES string of the molecule is CC1CS(=O)(=O)c2cccc(CN3CCNCC3)c21. The molecule has 1 atom stereocenters. The molecule has 19 heavy (non-hydrogen) atoms. The van der Waals surface area contributed by atoms with Crippen LogP contribution in [0.15, 0.2) is 23.1 Å². The maximum atomic E-state index is 12.1. The Labute approximate surface area is 114 Å². The predicted molar refractivity (Wildman–Crippen MR) is 75.1 cm³/mol. The van der Waals surface area contributed by atoms with Gasteiger partial charge in [0.25, 0.3) is 0 Å². The summed E-state index contributed by atoms with van der Waals surface area (Å²) >= 11 is 0. The molecule has 104 valence electrons. The number of hydrogen-bond donors (Lipinski definition) is 1. The van der Waals surface area contributed by atoms with Crippen LogP contribution < -0.4 is 5.32 Å². The van der Waals surface area contributed by atoms with Crippen molar-refractivity contribution in [1.29, 1.82) is 0 Å². The van der Waals surface area contributed by atoms with Gasteiger partial charge in [-0.05, 0) is 23.1 Å². The van der Waals surface area contributed by atoms with Gasteiger partial charge < -0.3 is 5.32 Å². The summed E-state index contributed by atoms with van der Waals surface area (Å²) in [7, 11) is -3.05. The molecule has 1 aromatic carbocycles. The maximum absolute atomic E-state index is 12.1. The summed E-state index contributed by atoms with van der Waals surface area (Å²) in [5.74, 6) is 0.389. The lowest BCUT2D eigenvalue weighted by molar-refractivity contribution is 0.232. The lowest BCUT2D eigenvalue weighted by Gasteiger charge is -2.28. The monoisotopic (exact) mass is 280 g/mol. The van der Waals surface area contributed by atoms with E-state index >= 15 is 0 Å². The summed E-state index contributed by atoms with van der Waals surface area (Å²) in [5.41, 5.74) is 2.24. The minimum atomic E-state index is -3.05. The van der Waals surface area contributed by atoms with Crippen LogP contribution in [0.5, 0.6) is 0 Å². The van der Waals surface area contributed by atoms with Crippen molar-refractivity contribution in [2.24, 2.45) is 0 Å². The number of rotatable bonds is 2. The normalized spacial score (nSPS) is 26.3. The lowest BCUT2D eigenvalue weighted by atomic mass is 9.97. The van der Waals surface area contributed by atoms with E-state index in [2.05, 4.69) is 16.3 Å². The first-order valence-electron chi connectivity index (χ1n) is 6.85. The van der Waals surface area contributed by atoms with Crippen LogP contribution in [0.1, 0.15) is 24.0 Å². The van der Waals surface area contributed by atoms with Crippen molar-refractivity contribution in [2.75, 3.05) is 31.9 Å². The Hall–Kier alpha value is -0.910. The molecule has 5 heteroatoms. The van der Waals surface area contributed by atoms with Gasteiger partial charge in [-0.2, -0.15) is 0 Å². The fraction of sp³-hybridized carbons (Fsp3) is 0.571. The van der Waals surface area contributed by atoms with Crippen LogP contribution in [-0.4, -0.2) is 45.2 Å². The van der Waals surface area contributed by atoms with E-state index in [1.165, 1.54) is 5.56 Å². The molecule has 3 rings (SSSR count). The number of hydrogen-bond acceptors (Lipinski definition) is 4. The highest BCUT2D eigenvalue weighted by molar-refractivity contribution is 7.91. The fourth-order valence-electron chi connectivity index (χ4n) is 3.17. The fourth-order valence-corrected chi connectivity index (χ4v) is 5.13. The summed E-state index contributed by atoms with van der Waals surface area (Å²) in [4.78, 5) is 2.96. The smallest absolute Gasteiger partial charge is 0.179 e. The molecule has 0 aliphatic carbocycles. The van der Waals surface area contributed by atoms with Crippen LogP contribution in [0.2, 0.25) is 0 Å². The van der Waals surface area contributed by atoms with E-state index in [9.17, 15) is 8.42 Å². The molecule has 0 radical (unpaired) electrons. The van der Waals surface area contributed by atoms with E-state index < -0.39 is 9.84 Å². The predicted octanol–water partition coefficient (Wildman–Crippen LogP) is 0.983. The van der Waals surface area contributed by atoms with Crippen LogP contribution in [-0.2, 0) is 16.4 Å². The molecule has 0 amide bonds. The number of nitrogens with one attached hydrogen (secondary N) is 1. The van der Waals surface area contributed by atoms with E-state index in [4.69, 9.17) is 0 Å². The third kappa shape index (κ3) is 2.42. The van der Waals surface area contributed by atoms with Crippen LogP contribution in [0.25, 0.3) is 0 Å². The second-order valence-corrected chi connectivity index (χ2v) is 7.54. The van der Waals surface area contributed by atoms with Gasteiger partial charge in [0.05, 0.1) is 10.6 Å². The third-order valence-electron chi connectivity index (χ3n) is 4.06. The van der Waals surface area contributed by atoms with Gasteiger partial charge in [-0.3, -0.25) is 4.90 Å². The Morgan fingerprint density at radius 1 is 1.32 bits per heavy atom. The van der Waals surface area contributed by atoms with Crippen LogP contribution in [0.4, 0.5) is 0 Å². The maximum Gasteiger partial charge on any atom is 0.179 e. The van der Waals surface area contributed by atoms with Crippen LogP contribution in [0.3, 0.4) is 0 Å². The molecular formula is C14H20N2O2S. The first-order chi connectivity index (χ1) is 9.08. The average Bonchev–Trinajstić information content (AvgIpc) is 2.62. The molecule has 1 aromatic rings. The minimum absolute atomic E-state index is 0.124. The molecule has 2 aliphatic rings. The first kappa shape index (κ1) is 13.1. The molecule has 2 aliphatic heterocycles. The van der Waals surface area contributed by atoms with Gasteiger partial charge in [0.1, 0.15) is 0 Å². The summed E-state index contributed by atoms with van der Waals surface area (Å²) in [6.45, 7) is 6.98. The zero-order chi connectivity index (χ0) is 13.5. The summed E-state index contributed by atoms with van der Waals surface area (Å²) in [6, 6.07) is 5.72. The first-order valence-corrected chi connectivity index (χ1v) is 8.51. The van der Waals surface area contributed by atoms with E-state index in [0.29, 0.717) is 4.90 Å². The van der Waals surface area contributed by atoms with Crippen LogP contribution >= 0.6 is 0 Å². The molecule has 0 aromatic heterocycles.